The van der Waals surface area contributed by atoms with E-state index in [0.29, 0.717) is 6.04 Å². The van der Waals surface area contributed by atoms with Crippen molar-refractivity contribution in [2.24, 2.45) is 0 Å². The van der Waals surface area contributed by atoms with Crippen molar-refractivity contribution in [2.45, 2.75) is 18.9 Å². The minimum atomic E-state index is -2.57. The molecule has 0 aromatic heterocycles. The standard InChI is InChI=1S/C7H14F2N2/c1-7(8,9)5-11(2)6-3-10-4-6/h6,10H,3-5H2,1-2H3. The number of nitrogens with one attached hydrogen (secondary N) is 1. The van der Waals surface area contributed by atoms with Crippen molar-refractivity contribution in [1.82, 2.24) is 10.2 Å². The Morgan fingerprint density at radius 3 is 2.36 bits per heavy atom. The lowest BCUT2D eigenvalue weighted by molar-refractivity contribution is -0.0234. The molecule has 0 unspecified atom stereocenters. The van der Waals surface area contributed by atoms with Crippen molar-refractivity contribution in [3.63, 3.8) is 0 Å². The number of hydrogen-bond donors (Lipinski definition) is 1. The minimum Gasteiger partial charge on any atom is -0.314 e. The fourth-order valence-electron chi connectivity index (χ4n) is 1.15. The van der Waals surface area contributed by atoms with E-state index in [9.17, 15) is 8.78 Å². The van der Waals surface area contributed by atoms with Crippen molar-refractivity contribution in [3.8, 4) is 0 Å². The smallest absolute Gasteiger partial charge is 0.257 e. The first-order valence-electron chi connectivity index (χ1n) is 3.78. The molecule has 2 nitrogen and oxygen atoms in total. The number of rotatable bonds is 3. The van der Waals surface area contributed by atoms with E-state index in [1.165, 1.54) is 0 Å². The van der Waals surface area contributed by atoms with Crippen molar-refractivity contribution in [1.29, 1.82) is 0 Å². The molecule has 0 saturated carbocycles. The maximum Gasteiger partial charge on any atom is 0.257 e. The zero-order valence-corrected chi connectivity index (χ0v) is 6.90. The highest BCUT2D eigenvalue weighted by Crippen LogP contribution is 2.15. The SMILES string of the molecule is CN(CC(C)(F)F)C1CNC1. The van der Waals surface area contributed by atoms with E-state index in [0.717, 1.165) is 20.0 Å². The molecule has 11 heavy (non-hydrogen) atoms. The fourth-order valence-corrected chi connectivity index (χ4v) is 1.15. The highest BCUT2D eigenvalue weighted by molar-refractivity contribution is 4.84. The van der Waals surface area contributed by atoms with Gasteiger partial charge in [0.25, 0.3) is 5.92 Å². The molecular weight excluding hydrogens is 150 g/mol. The van der Waals surface area contributed by atoms with Crippen LogP contribution in [0.15, 0.2) is 0 Å². The van der Waals surface area contributed by atoms with Crippen LogP contribution in [0.3, 0.4) is 0 Å². The van der Waals surface area contributed by atoms with Crippen LogP contribution in [-0.2, 0) is 0 Å². The first kappa shape index (κ1) is 8.87. The molecule has 0 amide bonds. The van der Waals surface area contributed by atoms with Crippen molar-refractivity contribution in [3.05, 3.63) is 0 Å². The third kappa shape index (κ3) is 2.71. The van der Waals surface area contributed by atoms with Crippen LogP contribution in [0.5, 0.6) is 0 Å². The molecule has 0 aromatic rings. The van der Waals surface area contributed by atoms with E-state index >= 15 is 0 Å². The molecule has 1 heterocycles. The quantitative estimate of drug-likeness (QED) is 0.655. The first-order chi connectivity index (χ1) is 4.99. The average Bonchev–Trinajstić information content (AvgIpc) is 1.50. The van der Waals surface area contributed by atoms with Gasteiger partial charge in [0.05, 0.1) is 6.54 Å². The second kappa shape index (κ2) is 3.03. The molecule has 1 fully saturated rings. The molecule has 0 atom stereocenters. The molecule has 1 rings (SSSR count). The van der Waals surface area contributed by atoms with E-state index in [2.05, 4.69) is 5.32 Å². The van der Waals surface area contributed by atoms with E-state index < -0.39 is 5.92 Å². The summed E-state index contributed by atoms with van der Waals surface area (Å²) in [6, 6.07) is 0.306. The van der Waals surface area contributed by atoms with Gasteiger partial charge in [-0.25, -0.2) is 8.78 Å². The summed E-state index contributed by atoms with van der Waals surface area (Å²) in [4.78, 5) is 1.70. The summed E-state index contributed by atoms with van der Waals surface area (Å²) in [5, 5.41) is 3.04. The van der Waals surface area contributed by atoms with Gasteiger partial charge >= 0.3 is 0 Å². The Labute approximate surface area is 65.6 Å². The molecule has 4 heteroatoms. The van der Waals surface area contributed by atoms with Crippen LogP contribution in [0.25, 0.3) is 0 Å². The summed E-state index contributed by atoms with van der Waals surface area (Å²) in [5.41, 5.74) is 0. The second-order valence-electron chi connectivity index (χ2n) is 3.30. The molecule has 0 spiro atoms. The van der Waals surface area contributed by atoms with Crippen LogP contribution in [0.2, 0.25) is 0 Å². The van der Waals surface area contributed by atoms with Gasteiger partial charge in [0.2, 0.25) is 0 Å². The zero-order chi connectivity index (χ0) is 8.48. The van der Waals surface area contributed by atoms with Gasteiger partial charge in [-0.15, -0.1) is 0 Å². The summed E-state index contributed by atoms with van der Waals surface area (Å²) in [6.45, 7) is 2.49. The van der Waals surface area contributed by atoms with Gasteiger partial charge in [-0.1, -0.05) is 0 Å². The minimum absolute atomic E-state index is 0.140. The third-order valence-electron chi connectivity index (χ3n) is 1.91. The van der Waals surface area contributed by atoms with E-state index in [1.807, 2.05) is 0 Å². The zero-order valence-electron chi connectivity index (χ0n) is 6.90. The van der Waals surface area contributed by atoms with Crippen molar-refractivity contribution < 1.29 is 8.78 Å². The Morgan fingerprint density at radius 1 is 1.55 bits per heavy atom. The highest BCUT2D eigenvalue weighted by atomic mass is 19.3. The molecule has 0 bridgehead atoms. The summed E-state index contributed by atoms with van der Waals surface area (Å²) in [6.07, 6.45) is 0. The summed E-state index contributed by atoms with van der Waals surface area (Å²) >= 11 is 0. The molecule has 1 aliphatic heterocycles. The molecular formula is C7H14F2N2. The molecule has 1 aliphatic rings. The highest BCUT2D eigenvalue weighted by Gasteiger charge is 2.29. The molecule has 0 aromatic carbocycles. The molecule has 0 radical (unpaired) electrons. The number of hydrogen-bond acceptors (Lipinski definition) is 2. The van der Waals surface area contributed by atoms with Gasteiger partial charge in [0, 0.05) is 26.1 Å². The second-order valence-corrected chi connectivity index (χ2v) is 3.30. The molecule has 66 valence electrons. The van der Waals surface area contributed by atoms with Crippen molar-refractivity contribution in [2.75, 3.05) is 26.7 Å². The number of alkyl halides is 2. The van der Waals surface area contributed by atoms with Crippen LogP contribution in [0.4, 0.5) is 8.78 Å². The third-order valence-corrected chi connectivity index (χ3v) is 1.91. The topological polar surface area (TPSA) is 15.3 Å². The number of nitrogens with zero attached hydrogens (tertiary/aromatic N) is 1. The summed E-state index contributed by atoms with van der Waals surface area (Å²) in [7, 11) is 1.74. The van der Waals surface area contributed by atoms with Crippen LogP contribution in [0.1, 0.15) is 6.92 Å². The molecule has 0 aliphatic carbocycles. The van der Waals surface area contributed by atoms with Gasteiger partial charge in [-0.05, 0) is 7.05 Å². The Hall–Kier alpha value is -0.220. The van der Waals surface area contributed by atoms with Crippen LogP contribution in [-0.4, -0.2) is 43.5 Å². The number of halogens is 2. The Bertz CT molecular complexity index is 129. The average molecular weight is 164 g/mol. The Morgan fingerprint density at radius 2 is 2.09 bits per heavy atom. The molecule has 1 saturated heterocycles. The van der Waals surface area contributed by atoms with Crippen LogP contribution < -0.4 is 5.32 Å². The maximum atomic E-state index is 12.4. The largest absolute Gasteiger partial charge is 0.314 e. The normalized spacial score (nSPS) is 20.5. The van der Waals surface area contributed by atoms with E-state index in [1.54, 1.807) is 11.9 Å². The summed E-state index contributed by atoms with van der Waals surface area (Å²) < 4.78 is 24.9. The van der Waals surface area contributed by atoms with Gasteiger partial charge in [-0.2, -0.15) is 0 Å². The van der Waals surface area contributed by atoms with Crippen LogP contribution in [0, 0.1) is 0 Å². The predicted octanol–water partition coefficient (Wildman–Crippen LogP) is 0.545. The van der Waals surface area contributed by atoms with Gasteiger partial charge in [0.15, 0.2) is 0 Å². The van der Waals surface area contributed by atoms with Crippen LogP contribution >= 0.6 is 0 Å². The van der Waals surface area contributed by atoms with Crippen molar-refractivity contribution >= 4 is 0 Å². The Balaban J connectivity index is 2.24. The summed E-state index contributed by atoms with van der Waals surface area (Å²) in [5.74, 6) is -2.57. The van der Waals surface area contributed by atoms with Gasteiger partial charge in [0.1, 0.15) is 0 Å². The lowest BCUT2D eigenvalue weighted by Gasteiger charge is -2.36. The lowest BCUT2D eigenvalue weighted by Crippen LogP contribution is -2.57. The first-order valence-corrected chi connectivity index (χ1v) is 3.78. The van der Waals surface area contributed by atoms with Gasteiger partial charge < -0.3 is 5.32 Å². The lowest BCUT2D eigenvalue weighted by atomic mass is 10.1. The maximum absolute atomic E-state index is 12.4. The predicted molar refractivity (Wildman–Crippen MR) is 39.9 cm³/mol. The van der Waals surface area contributed by atoms with E-state index in [4.69, 9.17) is 0 Å². The number of likely N-dealkylation sites (N-methyl/N-ethyl adjacent to an activating group) is 1. The van der Waals surface area contributed by atoms with E-state index in [-0.39, 0.29) is 6.54 Å². The monoisotopic (exact) mass is 164 g/mol. The van der Waals surface area contributed by atoms with Gasteiger partial charge in [-0.3, -0.25) is 4.90 Å². The molecule has 1 N–H and O–H groups in total. The Kier molecular flexibility index (Phi) is 2.44. The fraction of sp³-hybridized carbons (Fsp3) is 1.00.